The van der Waals surface area contributed by atoms with Crippen LogP contribution in [0.3, 0.4) is 0 Å². The Hall–Kier alpha value is -6.60. The largest absolute Gasteiger partial charge is 0.465 e. The van der Waals surface area contributed by atoms with Gasteiger partial charge in [0.05, 0.1) is 44.8 Å². The van der Waals surface area contributed by atoms with Gasteiger partial charge in [0.25, 0.3) is 12.3 Å². The summed E-state index contributed by atoms with van der Waals surface area (Å²) in [5, 5.41) is 29.8. The predicted octanol–water partition coefficient (Wildman–Crippen LogP) is 6.53. The van der Waals surface area contributed by atoms with Gasteiger partial charge in [-0.1, -0.05) is 69.3 Å². The highest BCUT2D eigenvalue weighted by Gasteiger charge is 2.42. The van der Waals surface area contributed by atoms with Crippen LogP contribution in [0.2, 0.25) is 5.02 Å². The molecular weight excluding hydrogens is 993 g/mol. The smallest absolute Gasteiger partial charge is 0.407 e. The number of benzene rings is 2. The van der Waals surface area contributed by atoms with Crippen molar-refractivity contribution in [3.8, 4) is 23.1 Å². The van der Waals surface area contributed by atoms with E-state index in [9.17, 15) is 47.0 Å². The maximum absolute atomic E-state index is 16.1. The van der Waals surface area contributed by atoms with Crippen molar-refractivity contribution in [2.45, 2.75) is 96.2 Å². The Morgan fingerprint density at radius 2 is 1.51 bits per heavy atom. The van der Waals surface area contributed by atoms with E-state index in [1.807, 2.05) is 22.3 Å². The molecule has 6 N–H and O–H groups in total. The van der Waals surface area contributed by atoms with Crippen LogP contribution in [0.5, 0.6) is 0 Å². The fourth-order valence-corrected chi connectivity index (χ4v) is 9.26. The number of amides is 4. The summed E-state index contributed by atoms with van der Waals surface area (Å²) < 4.78 is 76.0. The van der Waals surface area contributed by atoms with Crippen LogP contribution in [0.15, 0.2) is 79.1 Å². The molecule has 0 aliphatic carbocycles. The standard InChI is InChI=1S/C52H61ClF5N9O7/c1-51(2,29-54)45(63-50(73)74-5)47(69)61-41(20-32-12-9-31(10-13-32)11-14-33-15-18-44(60-23-33)65-24-35-16-17-36(25-65)67(35)28-43(57)58)42(68)27-66(64-48(70)46(62-49(71)72)52(3,4)30-55)26-37-38(53)21-34(22-39(37)56)40-8-6-7-19-59-40/h6-10,12-13,15,18-19,21-23,35-36,41-43,45-46,62,68H,16-17,20,24-30H2,1-5H3,(H,61,69)(H,63,73)(H,64,70)(H,71,72)/t35?,36?,41-,42-,45+,46+/m0/s1. The Morgan fingerprint density at radius 3 is 2.07 bits per heavy atom. The number of aliphatic hydroxyl groups excluding tert-OH is 1. The summed E-state index contributed by atoms with van der Waals surface area (Å²) >= 11 is 6.67. The summed E-state index contributed by atoms with van der Waals surface area (Å²) in [7, 11) is 1.06. The first-order valence-corrected chi connectivity index (χ1v) is 24.2. The first-order chi connectivity index (χ1) is 35.1. The second kappa shape index (κ2) is 25.1. The number of fused-ring (bicyclic) bond motifs is 2. The number of hydrogen-bond acceptors (Lipinski definition) is 11. The van der Waals surface area contributed by atoms with Gasteiger partial charge in [0.1, 0.15) is 23.7 Å². The molecule has 2 fully saturated rings. The molecule has 4 aromatic rings. The quantitative estimate of drug-likeness (QED) is 0.0300. The van der Waals surface area contributed by atoms with Crippen LogP contribution in [0.4, 0.5) is 37.4 Å². The zero-order chi connectivity index (χ0) is 53.9. The lowest BCUT2D eigenvalue weighted by atomic mass is 9.84. The molecule has 2 saturated heterocycles. The molecule has 0 radical (unpaired) electrons. The van der Waals surface area contributed by atoms with E-state index in [0.717, 1.165) is 30.8 Å². The maximum atomic E-state index is 16.1. The molecular formula is C52H61ClF5N9O7. The van der Waals surface area contributed by atoms with Crippen molar-refractivity contribution in [1.29, 1.82) is 0 Å². The molecule has 22 heteroatoms. The van der Waals surface area contributed by atoms with Gasteiger partial charge in [-0.3, -0.25) is 33.7 Å². The van der Waals surface area contributed by atoms with E-state index in [0.29, 0.717) is 41.0 Å². The van der Waals surface area contributed by atoms with Gasteiger partial charge in [0, 0.05) is 88.8 Å². The minimum Gasteiger partial charge on any atom is -0.465 e. The number of hydrogen-bond donors (Lipinski definition) is 6. The highest BCUT2D eigenvalue weighted by molar-refractivity contribution is 6.31. The molecule has 2 aliphatic rings. The van der Waals surface area contributed by atoms with Crippen LogP contribution in [0.25, 0.3) is 11.3 Å². The zero-order valence-electron chi connectivity index (χ0n) is 41.6. The van der Waals surface area contributed by atoms with Crippen LogP contribution in [-0.2, 0) is 27.3 Å². The van der Waals surface area contributed by atoms with E-state index < -0.39 is 97.7 Å². The molecule has 74 heavy (non-hydrogen) atoms. The fourth-order valence-electron chi connectivity index (χ4n) is 8.99. The molecule has 2 unspecified atom stereocenters. The van der Waals surface area contributed by atoms with Gasteiger partial charge >= 0.3 is 12.2 Å². The molecule has 2 aromatic heterocycles. The number of ether oxygens (including phenoxy) is 1. The average Bonchev–Trinajstić information content (AvgIpc) is 3.58. The van der Waals surface area contributed by atoms with Crippen molar-refractivity contribution >= 4 is 41.4 Å². The molecule has 0 spiro atoms. The number of nitrogens with one attached hydrogen (secondary N) is 4. The van der Waals surface area contributed by atoms with Gasteiger partial charge in [0.15, 0.2) is 0 Å². The van der Waals surface area contributed by atoms with Gasteiger partial charge in [-0.05, 0) is 73.4 Å². The first kappa shape index (κ1) is 56.7. The molecule has 6 rings (SSSR count). The van der Waals surface area contributed by atoms with Crippen molar-refractivity contribution in [1.82, 2.24) is 41.3 Å². The van der Waals surface area contributed by atoms with Crippen molar-refractivity contribution < 1.29 is 56.1 Å². The Kier molecular flexibility index (Phi) is 19.2. The summed E-state index contributed by atoms with van der Waals surface area (Å²) in [5.74, 6) is 4.07. The number of hydrazine groups is 1. The molecule has 16 nitrogen and oxygen atoms in total. The number of aromatic nitrogens is 2. The summed E-state index contributed by atoms with van der Waals surface area (Å²) in [5.41, 5.74) is 1.70. The van der Waals surface area contributed by atoms with Gasteiger partial charge < -0.3 is 35.8 Å². The number of rotatable bonds is 21. The number of piperazine rings is 1. The van der Waals surface area contributed by atoms with Gasteiger partial charge in [-0.15, -0.1) is 0 Å². The normalized spacial score (nSPS) is 17.4. The Labute approximate surface area is 431 Å². The highest BCUT2D eigenvalue weighted by Crippen LogP contribution is 2.33. The summed E-state index contributed by atoms with van der Waals surface area (Å²) in [4.78, 5) is 65.2. The zero-order valence-corrected chi connectivity index (χ0v) is 42.3. The van der Waals surface area contributed by atoms with Crippen LogP contribution in [0.1, 0.15) is 62.8 Å². The van der Waals surface area contributed by atoms with Crippen molar-refractivity contribution in [3.05, 3.63) is 112 Å². The monoisotopic (exact) mass is 1050 g/mol. The lowest BCUT2D eigenvalue weighted by Gasteiger charge is -2.41. The van der Waals surface area contributed by atoms with E-state index in [-0.39, 0.29) is 35.6 Å². The molecule has 398 valence electrons. The SMILES string of the molecule is COC(=O)N[C@H](C(=O)N[C@@H](Cc1ccc(C#Cc2ccc(N3CC4CCC(C3)N4CC(F)F)nc2)cc1)[C@@H](O)CN(Cc1c(F)cc(-c2ccccn2)cc1Cl)NC(=O)[C@@H](NC(=O)O)C(C)(C)CF)C(C)(C)CF. The maximum Gasteiger partial charge on any atom is 0.407 e. The summed E-state index contributed by atoms with van der Waals surface area (Å²) in [6, 6.07) is 13.6. The lowest BCUT2D eigenvalue weighted by Crippen LogP contribution is -2.61. The number of nitrogens with zero attached hydrogens (tertiary/aromatic N) is 5. The van der Waals surface area contributed by atoms with Crippen LogP contribution in [0, 0.1) is 28.5 Å². The summed E-state index contributed by atoms with van der Waals surface area (Å²) in [6.07, 6.45) is -2.01. The number of carbonyl (C=O) groups excluding carboxylic acids is 3. The number of anilines is 1. The number of methoxy groups -OCH3 is 1. The number of halogens is 6. The van der Waals surface area contributed by atoms with Crippen LogP contribution in [-0.4, -0.2) is 143 Å². The molecule has 6 atom stereocenters. The van der Waals surface area contributed by atoms with E-state index >= 15 is 4.39 Å². The Bertz CT molecular complexity index is 2610. The predicted molar refractivity (Wildman–Crippen MR) is 267 cm³/mol. The number of pyridine rings is 2. The fraction of sp³-hybridized carbons (Fsp3) is 0.462. The van der Waals surface area contributed by atoms with Gasteiger partial charge in [0.2, 0.25) is 5.91 Å². The Balaban J connectivity index is 1.27. The lowest BCUT2D eigenvalue weighted by molar-refractivity contribution is -0.133. The molecule has 2 bridgehead atoms. The number of carboxylic acid groups (broad SMARTS) is 1. The minimum atomic E-state index is -2.39. The third-order valence-corrected chi connectivity index (χ3v) is 13.6. The first-order valence-electron chi connectivity index (χ1n) is 23.9. The third kappa shape index (κ3) is 14.8. The molecule has 2 aliphatic heterocycles. The second-order valence-corrected chi connectivity index (χ2v) is 20.2. The number of carbonyl (C=O) groups is 4. The van der Waals surface area contributed by atoms with Crippen molar-refractivity contribution in [2.75, 3.05) is 51.5 Å². The summed E-state index contributed by atoms with van der Waals surface area (Å²) in [6.45, 7) is 3.01. The molecule has 0 saturated carbocycles. The number of aliphatic hydroxyl groups is 1. The number of alkyl halides is 4. The molecule has 4 amide bonds. The number of alkyl carbamates (subject to hydrolysis) is 1. The highest BCUT2D eigenvalue weighted by atomic mass is 35.5. The van der Waals surface area contributed by atoms with Gasteiger partial charge in [-0.25, -0.2) is 32.8 Å². The van der Waals surface area contributed by atoms with E-state index in [4.69, 9.17) is 16.3 Å². The van der Waals surface area contributed by atoms with Crippen molar-refractivity contribution in [2.24, 2.45) is 10.8 Å². The Morgan fingerprint density at radius 1 is 0.878 bits per heavy atom. The van der Waals surface area contributed by atoms with E-state index in [1.54, 1.807) is 48.7 Å². The van der Waals surface area contributed by atoms with Gasteiger partial charge in [-0.2, -0.15) is 0 Å². The van der Waals surface area contributed by atoms with E-state index in [1.165, 1.54) is 46.0 Å². The second-order valence-electron chi connectivity index (χ2n) is 19.8. The van der Waals surface area contributed by atoms with Crippen LogP contribution < -0.4 is 26.3 Å². The van der Waals surface area contributed by atoms with Crippen molar-refractivity contribution in [3.63, 3.8) is 0 Å². The van der Waals surface area contributed by atoms with E-state index in [2.05, 4.69) is 42.8 Å². The molecule has 2 aromatic carbocycles. The average molecular weight is 1050 g/mol. The minimum absolute atomic E-state index is 0.0425. The van der Waals surface area contributed by atoms with Crippen LogP contribution >= 0.6 is 11.6 Å². The topological polar surface area (TPSA) is 202 Å². The molecule has 4 heterocycles. The third-order valence-electron chi connectivity index (χ3n) is 13.2.